The van der Waals surface area contributed by atoms with Crippen molar-refractivity contribution < 1.29 is 9.53 Å². The van der Waals surface area contributed by atoms with Crippen LogP contribution in [0.4, 0.5) is 0 Å². The lowest BCUT2D eigenvalue weighted by Crippen LogP contribution is -2.24. The Bertz CT molecular complexity index is 205. The van der Waals surface area contributed by atoms with Crippen LogP contribution in [0.5, 0.6) is 0 Å². The summed E-state index contributed by atoms with van der Waals surface area (Å²) in [6, 6.07) is 0. The van der Waals surface area contributed by atoms with E-state index in [0.717, 1.165) is 25.7 Å². The second-order valence-electron chi connectivity index (χ2n) is 3.62. The summed E-state index contributed by atoms with van der Waals surface area (Å²) in [6.45, 7) is 5.22. The van der Waals surface area contributed by atoms with Crippen LogP contribution in [0.3, 0.4) is 0 Å². The molecule has 13 heavy (non-hydrogen) atoms. The molecule has 0 N–H and O–H groups in total. The van der Waals surface area contributed by atoms with Crippen molar-refractivity contribution in [2.24, 2.45) is 0 Å². The maximum atomic E-state index is 11.2. The van der Waals surface area contributed by atoms with E-state index in [1.165, 1.54) is 0 Å². The monoisotopic (exact) mass is 200 g/mol. The van der Waals surface area contributed by atoms with Crippen molar-refractivity contribution in [3.8, 4) is 0 Å². The molecule has 0 bridgehead atoms. The minimum absolute atomic E-state index is 0.0904. The topological polar surface area (TPSA) is 26.3 Å². The van der Waals surface area contributed by atoms with Crippen LogP contribution < -0.4 is 0 Å². The highest BCUT2D eigenvalue weighted by molar-refractivity contribution is 7.80. The van der Waals surface area contributed by atoms with E-state index in [4.69, 9.17) is 4.74 Å². The highest BCUT2D eigenvalue weighted by Crippen LogP contribution is 2.24. The Morgan fingerprint density at radius 1 is 1.38 bits per heavy atom. The van der Waals surface area contributed by atoms with E-state index in [9.17, 15) is 4.79 Å². The quantitative estimate of drug-likeness (QED) is 0.421. The standard InChI is InChI=1S/C10H16O2S/c1-7(2)10(11)12-8-3-5-9(13)6-4-8/h8-9,13H,1,3-6H2,2H3. The predicted octanol–water partition coefficient (Wildman–Crippen LogP) is 2.35. The zero-order valence-corrected chi connectivity index (χ0v) is 8.85. The average Bonchev–Trinajstić information content (AvgIpc) is 2.08. The molecule has 0 aromatic carbocycles. The maximum absolute atomic E-state index is 11.2. The van der Waals surface area contributed by atoms with E-state index in [-0.39, 0.29) is 12.1 Å². The van der Waals surface area contributed by atoms with Gasteiger partial charge in [0.25, 0.3) is 0 Å². The van der Waals surface area contributed by atoms with E-state index in [2.05, 4.69) is 19.2 Å². The van der Waals surface area contributed by atoms with E-state index in [0.29, 0.717) is 10.8 Å². The number of carbonyl (C=O) groups excluding carboxylic acids is 1. The molecule has 3 heteroatoms. The molecular weight excluding hydrogens is 184 g/mol. The summed E-state index contributed by atoms with van der Waals surface area (Å²) in [6.07, 6.45) is 4.04. The summed E-state index contributed by atoms with van der Waals surface area (Å²) >= 11 is 4.38. The Labute approximate surface area is 84.8 Å². The summed E-state index contributed by atoms with van der Waals surface area (Å²) < 4.78 is 5.23. The van der Waals surface area contributed by atoms with E-state index in [1.54, 1.807) is 6.92 Å². The van der Waals surface area contributed by atoms with Crippen LogP contribution >= 0.6 is 12.6 Å². The Morgan fingerprint density at radius 2 is 1.92 bits per heavy atom. The minimum Gasteiger partial charge on any atom is -0.459 e. The Hall–Kier alpha value is -0.440. The van der Waals surface area contributed by atoms with Gasteiger partial charge in [-0.1, -0.05) is 6.58 Å². The van der Waals surface area contributed by atoms with Crippen molar-refractivity contribution in [3.05, 3.63) is 12.2 Å². The summed E-state index contributed by atoms with van der Waals surface area (Å²) in [5.41, 5.74) is 0.480. The summed E-state index contributed by atoms with van der Waals surface area (Å²) in [5, 5.41) is 0.486. The first-order valence-corrected chi connectivity index (χ1v) is 5.16. The van der Waals surface area contributed by atoms with Gasteiger partial charge in [-0.2, -0.15) is 12.6 Å². The second-order valence-corrected chi connectivity index (χ2v) is 4.35. The summed E-state index contributed by atoms with van der Waals surface area (Å²) in [5.74, 6) is -0.261. The van der Waals surface area contributed by atoms with Crippen LogP contribution in [0.25, 0.3) is 0 Å². The van der Waals surface area contributed by atoms with Crippen LogP contribution in [0, 0.1) is 0 Å². The fraction of sp³-hybridized carbons (Fsp3) is 0.700. The third-order valence-electron chi connectivity index (χ3n) is 2.27. The first-order valence-electron chi connectivity index (χ1n) is 4.64. The molecule has 1 aliphatic carbocycles. The van der Waals surface area contributed by atoms with Crippen molar-refractivity contribution in [2.75, 3.05) is 0 Å². The normalized spacial score (nSPS) is 28.2. The maximum Gasteiger partial charge on any atom is 0.333 e. The summed E-state index contributed by atoms with van der Waals surface area (Å²) in [7, 11) is 0. The molecule has 0 atom stereocenters. The summed E-state index contributed by atoms with van der Waals surface area (Å²) in [4.78, 5) is 11.2. The van der Waals surface area contributed by atoms with Gasteiger partial charge < -0.3 is 4.74 Å². The van der Waals surface area contributed by atoms with Crippen LogP contribution in [0.15, 0.2) is 12.2 Å². The molecule has 0 aromatic heterocycles. The van der Waals surface area contributed by atoms with Crippen molar-refractivity contribution in [3.63, 3.8) is 0 Å². The number of carbonyl (C=O) groups is 1. The molecule has 1 fully saturated rings. The minimum atomic E-state index is -0.261. The Balaban J connectivity index is 2.30. The SMILES string of the molecule is C=C(C)C(=O)OC1CCC(S)CC1. The molecule has 74 valence electrons. The molecule has 0 radical (unpaired) electrons. The third-order valence-corrected chi connectivity index (χ3v) is 2.78. The molecule has 2 nitrogen and oxygen atoms in total. The van der Waals surface area contributed by atoms with Crippen molar-refractivity contribution in [1.29, 1.82) is 0 Å². The lowest BCUT2D eigenvalue weighted by atomic mass is 9.97. The van der Waals surface area contributed by atoms with Gasteiger partial charge in [-0.15, -0.1) is 0 Å². The highest BCUT2D eigenvalue weighted by Gasteiger charge is 2.21. The molecule has 0 unspecified atom stereocenters. The molecule has 1 aliphatic rings. The van der Waals surface area contributed by atoms with Gasteiger partial charge in [0.2, 0.25) is 0 Å². The van der Waals surface area contributed by atoms with Gasteiger partial charge in [-0.05, 0) is 32.6 Å². The van der Waals surface area contributed by atoms with Gasteiger partial charge >= 0.3 is 5.97 Å². The van der Waals surface area contributed by atoms with Crippen LogP contribution in [-0.4, -0.2) is 17.3 Å². The van der Waals surface area contributed by atoms with Crippen LogP contribution in [-0.2, 0) is 9.53 Å². The third kappa shape index (κ3) is 3.43. The molecule has 0 aromatic rings. The smallest absolute Gasteiger partial charge is 0.333 e. The lowest BCUT2D eigenvalue weighted by Gasteiger charge is -2.25. The Morgan fingerprint density at radius 3 is 2.38 bits per heavy atom. The van der Waals surface area contributed by atoms with Gasteiger partial charge in [0.15, 0.2) is 0 Å². The number of thiol groups is 1. The van der Waals surface area contributed by atoms with Gasteiger partial charge in [0, 0.05) is 10.8 Å². The zero-order valence-electron chi connectivity index (χ0n) is 7.95. The fourth-order valence-corrected chi connectivity index (χ4v) is 1.71. The fourth-order valence-electron chi connectivity index (χ4n) is 1.42. The molecule has 0 heterocycles. The lowest BCUT2D eigenvalue weighted by molar-refractivity contribution is -0.145. The number of ether oxygens (including phenoxy) is 1. The van der Waals surface area contributed by atoms with Gasteiger partial charge in [-0.25, -0.2) is 4.79 Å². The average molecular weight is 200 g/mol. The van der Waals surface area contributed by atoms with Crippen molar-refractivity contribution in [2.45, 2.75) is 44.0 Å². The number of hydrogen-bond donors (Lipinski definition) is 1. The second kappa shape index (κ2) is 4.70. The predicted molar refractivity (Wildman–Crippen MR) is 55.9 cm³/mol. The number of esters is 1. The van der Waals surface area contributed by atoms with Gasteiger partial charge in [0.05, 0.1) is 0 Å². The molecular formula is C10H16O2S. The van der Waals surface area contributed by atoms with E-state index in [1.807, 2.05) is 0 Å². The zero-order chi connectivity index (χ0) is 9.84. The first-order chi connectivity index (χ1) is 6.09. The van der Waals surface area contributed by atoms with E-state index >= 15 is 0 Å². The van der Waals surface area contributed by atoms with Gasteiger partial charge in [-0.3, -0.25) is 0 Å². The first kappa shape index (κ1) is 10.6. The van der Waals surface area contributed by atoms with Crippen LogP contribution in [0.1, 0.15) is 32.6 Å². The van der Waals surface area contributed by atoms with E-state index < -0.39 is 0 Å². The molecule has 1 saturated carbocycles. The largest absolute Gasteiger partial charge is 0.459 e. The molecule has 0 saturated heterocycles. The van der Waals surface area contributed by atoms with Crippen molar-refractivity contribution in [1.82, 2.24) is 0 Å². The highest BCUT2D eigenvalue weighted by atomic mass is 32.1. The van der Waals surface area contributed by atoms with Crippen LogP contribution in [0.2, 0.25) is 0 Å². The number of hydrogen-bond acceptors (Lipinski definition) is 3. The molecule has 0 spiro atoms. The van der Waals surface area contributed by atoms with Gasteiger partial charge in [0.1, 0.15) is 6.10 Å². The Kier molecular flexibility index (Phi) is 3.85. The van der Waals surface area contributed by atoms with Crippen molar-refractivity contribution >= 4 is 18.6 Å². The molecule has 0 aliphatic heterocycles. The number of rotatable bonds is 2. The molecule has 0 amide bonds. The molecule has 1 rings (SSSR count).